The maximum Gasteiger partial charge on any atom is 0.133 e. The molecule has 0 saturated carbocycles. The van der Waals surface area contributed by atoms with Gasteiger partial charge in [0.25, 0.3) is 0 Å². The highest BCUT2D eigenvalue weighted by Gasteiger charge is 2.20. The summed E-state index contributed by atoms with van der Waals surface area (Å²) in [5, 5.41) is 3.26. The molecule has 0 unspecified atom stereocenters. The molecule has 1 aromatic rings. The maximum absolute atomic E-state index is 4.55. The Morgan fingerprint density at radius 1 is 1.31 bits per heavy atom. The highest BCUT2D eigenvalue weighted by molar-refractivity contribution is 5.22. The second kappa shape index (κ2) is 2.77. The van der Waals surface area contributed by atoms with E-state index in [0.29, 0.717) is 0 Å². The Bertz CT molecular complexity index is 325. The van der Waals surface area contributed by atoms with E-state index in [2.05, 4.69) is 36.1 Å². The Labute approximate surface area is 78.6 Å². The number of aromatic nitrogens is 2. The molecule has 0 aliphatic carbocycles. The van der Waals surface area contributed by atoms with Crippen molar-refractivity contribution >= 4 is 0 Å². The standard InChI is InChI=1S/C10H15N3/c1-10(2,3)9-12-5-7-4-11-6-8(7)13-9/h5,11H,4,6H2,1-3H3. The van der Waals surface area contributed by atoms with E-state index in [1.807, 2.05) is 6.20 Å². The van der Waals surface area contributed by atoms with Gasteiger partial charge in [-0.2, -0.15) is 0 Å². The molecule has 0 fully saturated rings. The van der Waals surface area contributed by atoms with Crippen molar-refractivity contribution in [1.29, 1.82) is 0 Å². The molecule has 0 saturated heterocycles. The van der Waals surface area contributed by atoms with E-state index in [1.165, 1.54) is 11.3 Å². The lowest BCUT2D eigenvalue weighted by atomic mass is 9.95. The van der Waals surface area contributed by atoms with Crippen molar-refractivity contribution in [2.24, 2.45) is 0 Å². The molecule has 2 heterocycles. The SMILES string of the molecule is CC(C)(C)c1ncc2c(n1)CNC2. The van der Waals surface area contributed by atoms with Crippen LogP contribution in [0.2, 0.25) is 0 Å². The minimum absolute atomic E-state index is 0.0532. The van der Waals surface area contributed by atoms with Gasteiger partial charge in [0, 0.05) is 30.3 Å². The monoisotopic (exact) mass is 177 g/mol. The molecule has 1 aliphatic heterocycles. The fraction of sp³-hybridized carbons (Fsp3) is 0.600. The molecular formula is C10H15N3. The van der Waals surface area contributed by atoms with E-state index in [0.717, 1.165) is 18.9 Å². The first kappa shape index (κ1) is 8.63. The summed E-state index contributed by atoms with van der Waals surface area (Å²) >= 11 is 0. The molecule has 0 spiro atoms. The van der Waals surface area contributed by atoms with Crippen LogP contribution in [0.15, 0.2) is 6.20 Å². The van der Waals surface area contributed by atoms with Crippen LogP contribution in [0.1, 0.15) is 37.9 Å². The lowest BCUT2D eigenvalue weighted by Gasteiger charge is -2.16. The molecule has 13 heavy (non-hydrogen) atoms. The number of rotatable bonds is 0. The zero-order valence-corrected chi connectivity index (χ0v) is 8.39. The zero-order chi connectivity index (χ0) is 9.47. The van der Waals surface area contributed by atoms with Gasteiger partial charge in [-0.1, -0.05) is 20.8 Å². The smallest absolute Gasteiger partial charge is 0.133 e. The Morgan fingerprint density at radius 2 is 2.08 bits per heavy atom. The predicted molar refractivity (Wildman–Crippen MR) is 51.3 cm³/mol. The second-order valence-electron chi connectivity index (χ2n) is 4.52. The first-order valence-corrected chi connectivity index (χ1v) is 4.63. The van der Waals surface area contributed by atoms with Crippen molar-refractivity contribution in [3.63, 3.8) is 0 Å². The summed E-state index contributed by atoms with van der Waals surface area (Å²) in [7, 11) is 0. The number of hydrogen-bond acceptors (Lipinski definition) is 3. The fourth-order valence-electron chi connectivity index (χ4n) is 1.42. The molecule has 3 nitrogen and oxygen atoms in total. The summed E-state index contributed by atoms with van der Waals surface area (Å²) in [6.07, 6.45) is 1.95. The Hall–Kier alpha value is -0.960. The maximum atomic E-state index is 4.55. The van der Waals surface area contributed by atoms with Gasteiger partial charge in [-0.3, -0.25) is 0 Å². The lowest BCUT2D eigenvalue weighted by Crippen LogP contribution is -2.16. The van der Waals surface area contributed by atoms with E-state index < -0.39 is 0 Å². The van der Waals surface area contributed by atoms with Gasteiger partial charge in [0.2, 0.25) is 0 Å². The van der Waals surface area contributed by atoms with Crippen molar-refractivity contribution in [2.75, 3.05) is 0 Å². The third-order valence-corrected chi connectivity index (χ3v) is 2.23. The molecule has 3 heteroatoms. The minimum atomic E-state index is 0.0532. The summed E-state index contributed by atoms with van der Waals surface area (Å²) < 4.78 is 0. The van der Waals surface area contributed by atoms with Gasteiger partial charge in [0.15, 0.2) is 0 Å². The minimum Gasteiger partial charge on any atom is -0.307 e. The quantitative estimate of drug-likeness (QED) is 0.650. The molecule has 0 aromatic carbocycles. The average molecular weight is 177 g/mol. The first-order valence-electron chi connectivity index (χ1n) is 4.63. The highest BCUT2D eigenvalue weighted by atomic mass is 15.0. The Kier molecular flexibility index (Phi) is 1.84. The molecule has 1 aromatic heterocycles. The molecule has 2 rings (SSSR count). The molecule has 1 aliphatic rings. The van der Waals surface area contributed by atoms with E-state index in [4.69, 9.17) is 0 Å². The molecule has 0 bridgehead atoms. The van der Waals surface area contributed by atoms with Gasteiger partial charge in [0.05, 0.1) is 5.69 Å². The first-order chi connectivity index (χ1) is 6.07. The van der Waals surface area contributed by atoms with Crippen LogP contribution in [0.5, 0.6) is 0 Å². The summed E-state index contributed by atoms with van der Waals surface area (Å²) in [6, 6.07) is 0. The van der Waals surface area contributed by atoms with E-state index in [-0.39, 0.29) is 5.41 Å². The number of nitrogens with one attached hydrogen (secondary N) is 1. The third kappa shape index (κ3) is 1.56. The van der Waals surface area contributed by atoms with Crippen molar-refractivity contribution in [3.8, 4) is 0 Å². The summed E-state index contributed by atoms with van der Waals surface area (Å²) in [5.74, 6) is 0.940. The largest absolute Gasteiger partial charge is 0.307 e. The average Bonchev–Trinajstić information content (AvgIpc) is 2.47. The van der Waals surface area contributed by atoms with Crippen LogP contribution in [0, 0.1) is 0 Å². The van der Waals surface area contributed by atoms with Crippen LogP contribution in [-0.2, 0) is 18.5 Å². The normalized spacial score (nSPS) is 15.9. The van der Waals surface area contributed by atoms with Gasteiger partial charge in [0.1, 0.15) is 5.82 Å². The summed E-state index contributed by atoms with van der Waals surface area (Å²) in [4.78, 5) is 8.92. The molecule has 70 valence electrons. The third-order valence-electron chi connectivity index (χ3n) is 2.23. The fourth-order valence-corrected chi connectivity index (χ4v) is 1.42. The van der Waals surface area contributed by atoms with Crippen LogP contribution >= 0.6 is 0 Å². The van der Waals surface area contributed by atoms with Crippen LogP contribution in [0.25, 0.3) is 0 Å². The number of nitrogens with zero attached hydrogens (tertiary/aromatic N) is 2. The van der Waals surface area contributed by atoms with Gasteiger partial charge in [-0.15, -0.1) is 0 Å². The van der Waals surface area contributed by atoms with Crippen molar-refractivity contribution in [3.05, 3.63) is 23.3 Å². The zero-order valence-electron chi connectivity index (χ0n) is 8.39. The molecule has 1 N–H and O–H groups in total. The number of hydrogen-bond donors (Lipinski definition) is 1. The molecular weight excluding hydrogens is 162 g/mol. The van der Waals surface area contributed by atoms with Crippen molar-refractivity contribution in [2.45, 2.75) is 39.3 Å². The number of fused-ring (bicyclic) bond motifs is 1. The topological polar surface area (TPSA) is 37.8 Å². The van der Waals surface area contributed by atoms with Crippen LogP contribution in [0.3, 0.4) is 0 Å². The Balaban J connectivity index is 2.42. The highest BCUT2D eigenvalue weighted by Crippen LogP contribution is 2.20. The van der Waals surface area contributed by atoms with Crippen LogP contribution < -0.4 is 5.32 Å². The van der Waals surface area contributed by atoms with Gasteiger partial charge in [-0.05, 0) is 0 Å². The van der Waals surface area contributed by atoms with E-state index >= 15 is 0 Å². The van der Waals surface area contributed by atoms with Crippen molar-refractivity contribution in [1.82, 2.24) is 15.3 Å². The van der Waals surface area contributed by atoms with E-state index in [1.54, 1.807) is 0 Å². The van der Waals surface area contributed by atoms with Crippen LogP contribution in [-0.4, -0.2) is 9.97 Å². The molecule has 0 amide bonds. The van der Waals surface area contributed by atoms with Gasteiger partial charge in [-0.25, -0.2) is 9.97 Å². The summed E-state index contributed by atoms with van der Waals surface area (Å²) in [5.41, 5.74) is 2.46. The Morgan fingerprint density at radius 3 is 2.77 bits per heavy atom. The summed E-state index contributed by atoms with van der Waals surface area (Å²) in [6.45, 7) is 8.21. The second-order valence-corrected chi connectivity index (χ2v) is 4.52. The van der Waals surface area contributed by atoms with Gasteiger partial charge >= 0.3 is 0 Å². The van der Waals surface area contributed by atoms with Gasteiger partial charge < -0.3 is 5.32 Å². The molecule has 0 atom stereocenters. The predicted octanol–water partition coefficient (Wildman–Crippen LogP) is 1.38. The van der Waals surface area contributed by atoms with Crippen LogP contribution in [0.4, 0.5) is 0 Å². The lowest BCUT2D eigenvalue weighted by molar-refractivity contribution is 0.541. The molecule has 0 radical (unpaired) electrons. The van der Waals surface area contributed by atoms with E-state index in [9.17, 15) is 0 Å². The van der Waals surface area contributed by atoms with Crippen molar-refractivity contribution < 1.29 is 0 Å².